The number of aryl methyl sites for hydroxylation is 1. The SMILES string of the molecule is CCC(C)N(CC(=O)N(Cc1ccc(F)cc1)Cc1sccc1C)C(=O)C=Cc1ccccc1. The summed E-state index contributed by atoms with van der Waals surface area (Å²) in [5, 5.41) is 2.01. The number of nitrogens with zero attached hydrogens (tertiary/aromatic N) is 2. The molecule has 0 N–H and O–H groups in total. The zero-order chi connectivity index (χ0) is 24.5. The van der Waals surface area contributed by atoms with E-state index in [1.165, 1.54) is 18.2 Å². The molecule has 2 amide bonds. The van der Waals surface area contributed by atoms with Gasteiger partial charge in [-0.1, -0.05) is 49.4 Å². The van der Waals surface area contributed by atoms with Gasteiger partial charge in [0.25, 0.3) is 0 Å². The molecule has 1 aromatic heterocycles. The van der Waals surface area contributed by atoms with E-state index < -0.39 is 0 Å². The van der Waals surface area contributed by atoms with Gasteiger partial charge in [0.2, 0.25) is 11.8 Å². The molecule has 3 rings (SSSR count). The third-order valence-corrected chi connectivity index (χ3v) is 6.88. The highest BCUT2D eigenvalue weighted by Crippen LogP contribution is 2.20. The van der Waals surface area contributed by atoms with E-state index in [2.05, 4.69) is 0 Å². The average molecular weight is 479 g/mol. The normalized spacial score (nSPS) is 12.0. The molecule has 4 nitrogen and oxygen atoms in total. The first kappa shape index (κ1) is 25.4. The molecular formula is C28H31FN2O2S. The van der Waals surface area contributed by atoms with Crippen molar-refractivity contribution >= 4 is 29.2 Å². The third kappa shape index (κ3) is 7.12. The van der Waals surface area contributed by atoms with Crippen molar-refractivity contribution in [2.45, 2.75) is 46.3 Å². The van der Waals surface area contributed by atoms with Gasteiger partial charge in [0.15, 0.2) is 0 Å². The maximum atomic E-state index is 13.5. The Bertz CT molecular complexity index is 1110. The average Bonchev–Trinajstić information content (AvgIpc) is 3.26. The number of hydrogen-bond acceptors (Lipinski definition) is 3. The molecule has 0 aliphatic carbocycles. The topological polar surface area (TPSA) is 40.6 Å². The molecule has 0 saturated heterocycles. The van der Waals surface area contributed by atoms with Gasteiger partial charge in [0.1, 0.15) is 12.4 Å². The van der Waals surface area contributed by atoms with Crippen molar-refractivity contribution in [2.75, 3.05) is 6.54 Å². The number of halogens is 1. The zero-order valence-electron chi connectivity index (χ0n) is 19.9. The van der Waals surface area contributed by atoms with E-state index in [9.17, 15) is 14.0 Å². The van der Waals surface area contributed by atoms with Gasteiger partial charge in [-0.15, -0.1) is 11.3 Å². The maximum absolute atomic E-state index is 13.5. The van der Waals surface area contributed by atoms with E-state index in [1.54, 1.807) is 39.3 Å². The van der Waals surface area contributed by atoms with Crippen LogP contribution in [0.15, 0.2) is 72.1 Å². The lowest BCUT2D eigenvalue weighted by Crippen LogP contribution is -2.45. The highest BCUT2D eigenvalue weighted by Gasteiger charge is 2.24. The Morgan fingerprint density at radius 3 is 2.35 bits per heavy atom. The van der Waals surface area contributed by atoms with Crippen molar-refractivity contribution in [1.82, 2.24) is 9.80 Å². The minimum atomic E-state index is -0.311. The first-order chi connectivity index (χ1) is 16.4. The van der Waals surface area contributed by atoms with E-state index >= 15 is 0 Å². The molecule has 2 aromatic carbocycles. The summed E-state index contributed by atoms with van der Waals surface area (Å²) in [4.78, 5) is 31.0. The number of hydrogen-bond donors (Lipinski definition) is 0. The fourth-order valence-corrected chi connectivity index (χ4v) is 4.45. The van der Waals surface area contributed by atoms with E-state index in [0.717, 1.165) is 28.0 Å². The summed E-state index contributed by atoms with van der Waals surface area (Å²) in [6.45, 7) is 6.76. The van der Waals surface area contributed by atoms with Gasteiger partial charge < -0.3 is 9.80 Å². The standard InChI is InChI=1S/C28H31FN2O2S/c1-4-22(3)31(27(32)15-12-23-8-6-5-7-9-23)20-28(33)30(19-26-21(2)16-17-34-26)18-24-10-13-25(29)14-11-24/h5-17,22H,4,18-20H2,1-3H3. The van der Waals surface area contributed by atoms with Gasteiger partial charge >= 0.3 is 0 Å². The van der Waals surface area contributed by atoms with E-state index in [4.69, 9.17) is 0 Å². The molecule has 6 heteroatoms. The van der Waals surface area contributed by atoms with Crippen molar-refractivity contribution < 1.29 is 14.0 Å². The minimum Gasteiger partial charge on any atom is -0.332 e. The van der Waals surface area contributed by atoms with Crippen LogP contribution < -0.4 is 0 Å². The molecule has 3 aromatic rings. The second-order valence-electron chi connectivity index (χ2n) is 8.37. The third-order valence-electron chi connectivity index (χ3n) is 5.87. The molecule has 0 spiro atoms. The smallest absolute Gasteiger partial charge is 0.247 e. The van der Waals surface area contributed by atoms with Crippen molar-refractivity contribution in [1.29, 1.82) is 0 Å². The summed E-state index contributed by atoms with van der Waals surface area (Å²) in [7, 11) is 0. The number of amides is 2. The fourth-order valence-electron chi connectivity index (χ4n) is 3.53. The van der Waals surface area contributed by atoms with Crippen LogP contribution in [-0.2, 0) is 22.7 Å². The van der Waals surface area contributed by atoms with Crippen LogP contribution in [0.3, 0.4) is 0 Å². The Morgan fingerprint density at radius 2 is 1.74 bits per heavy atom. The summed E-state index contributed by atoms with van der Waals surface area (Å²) >= 11 is 1.60. The number of carbonyl (C=O) groups excluding carboxylic acids is 2. The second-order valence-corrected chi connectivity index (χ2v) is 9.37. The van der Waals surface area contributed by atoms with Crippen LogP contribution in [0.25, 0.3) is 6.08 Å². The first-order valence-electron chi connectivity index (χ1n) is 11.5. The van der Waals surface area contributed by atoms with Crippen LogP contribution in [0.5, 0.6) is 0 Å². The van der Waals surface area contributed by atoms with Crippen molar-refractivity contribution in [3.63, 3.8) is 0 Å². The molecule has 0 fully saturated rings. The van der Waals surface area contributed by atoms with Crippen molar-refractivity contribution in [3.8, 4) is 0 Å². The van der Waals surface area contributed by atoms with E-state index in [-0.39, 0.29) is 30.2 Å². The predicted molar refractivity (Wildman–Crippen MR) is 137 cm³/mol. The number of carbonyl (C=O) groups is 2. The molecule has 1 heterocycles. The highest BCUT2D eigenvalue weighted by molar-refractivity contribution is 7.10. The van der Waals surface area contributed by atoms with Crippen LogP contribution in [0, 0.1) is 12.7 Å². The summed E-state index contributed by atoms with van der Waals surface area (Å²) in [5.74, 6) is -0.644. The van der Waals surface area contributed by atoms with Crippen molar-refractivity contribution in [3.05, 3.63) is 99.5 Å². The monoisotopic (exact) mass is 478 g/mol. The molecule has 0 bridgehead atoms. The van der Waals surface area contributed by atoms with Gasteiger partial charge in [-0.25, -0.2) is 4.39 Å². The van der Waals surface area contributed by atoms with Crippen molar-refractivity contribution in [2.24, 2.45) is 0 Å². The molecule has 178 valence electrons. The molecule has 0 saturated carbocycles. The van der Waals surface area contributed by atoms with E-state index in [1.807, 2.05) is 62.5 Å². The van der Waals surface area contributed by atoms with Gasteiger partial charge in [0, 0.05) is 23.5 Å². The summed E-state index contributed by atoms with van der Waals surface area (Å²) in [6, 6.07) is 17.7. The molecule has 1 atom stereocenters. The first-order valence-corrected chi connectivity index (χ1v) is 12.3. The molecule has 0 aliphatic heterocycles. The van der Waals surface area contributed by atoms with Crippen LogP contribution >= 0.6 is 11.3 Å². The number of benzene rings is 2. The molecule has 0 aliphatic rings. The molecule has 34 heavy (non-hydrogen) atoms. The Morgan fingerprint density at radius 1 is 1.03 bits per heavy atom. The van der Waals surface area contributed by atoms with Gasteiger partial charge in [-0.2, -0.15) is 0 Å². The Balaban J connectivity index is 1.80. The lowest BCUT2D eigenvalue weighted by Gasteiger charge is -2.30. The number of thiophene rings is 1. The fraction of sp³-hybridized carbons (Fsp3) is 0.286. The molecule has 1 unspecified atom stereocenters. The van der Waals surface area contributed by atoms with Crippen LogP contribution in [0.1, 0.15) is 41.8 Å². The molecular weight excluding hydrogens is 447 g/mol. The van der Waals surface area contributed by atoms with Gasteiger partial charge in [-0.05, 0) is 66.6 Å². The summed E-state index contributed by atoms with van der Waals surface area (Å²) < 4.78 is 13.4. The summed E-state index contributed by atoms with van der Waals surface area (Å²) in [6.07, 6.45) is 4.04. The largest absolute Gasteiger partial charge is 0.332 e. The van der Waals surface area contributed by atoms with Gasteiger partial charge in [-0.3, -0.25) is 9.59 Å². The summed E-state index contributed by atoms with van der Waals surface area (Å²) in [5.41, 5.74) is 2.90. The van der Waals surface area contributed by atoms with Crippen LogP contribution in [0.2, 0.25) is 0 Å². The van der Waals surface area contributed by atoms with Gasteiger partial charge in [0.05, 0.1) is 6.54 Å². The van der Waals surface area contributed by atoms with Crippen LogP contribution in [0.4, 0.5) is 4.39 Å². The minimum absolute atomic E-state index is 0.0153. The zero-order valence-corrected chi connectivity index (χ0v) is 20.7. The molecule has 0 radical (unpaired) electrons. The Hall–Kier alpha value is -3.25. The lowest BCUT2D eigenvalue weighted by molar-refractivity contribution is -0.140. The maximum Gasteiger partial charge on any atom is 0.247 e. The second kappa shape index (κ2) is 12.3. The lowest BCUT2D eigenvalue weighted by atomic mass is 10.1. The van der Waals surface area contributed by atoms with E-state index in [0.29, 0.717) is 13.1 Å². The Labute approximate surface area is 205 Å². The Kier molecular flexibility index (Phi) is 9.16. The number of rotatable bonds is 10. The van der Waals surface area contributed by atoms with Crippen LogP contribution in [-0.4, -0.2) is 34.2 Å². The highest BCUT2D eigenvalue weighted by atomic mass is 32.1. The predicted octanol–water partition coefficient (Wildman–Crippen LogP) is 6.06. The quantitative estimate of drug-likeness (QED) is 0.332.